The molecule has 32 heavy (non-hydrogen) atoms. The quantitative estimate of drug-likeness (QED) is 0.277. The van der Waals surface area contributed by atoms with E-state index < -0.39 is 15.8 Å². The van der Waals surface area contributed by atoms with Gasteiger partial charge in [0.15, 0.2) is 5.11 Å². The van der Waals surface area contributed by atoms with E-state index in [2.05, 4.69) is 20.8 Å². The Hall–Kier alpha value is -2.53. The lowest BCUT2D eigenvalue weighted by Gasteiger charge is -2.25. The van der Waals surface area contributed by atoms with Gasteiger partial charge in [-0.15, -0.1) is 0 Å². The molecule has 4 rings (SSSR count). The Morgan fingerprint density at radius 2 is 1.97 bits per heavy atom. The van der Waals surface area contributed by atoms with Gasteiger partial charge in [-0.1, -0.05) is 18.0 Å². The summed E-state index contributed by atoms with van der Waals surface area (Å²) in [5.41, 5.74) is 4.70. The molecular formula is C21H21ClFN5O2S2. The minimum Gasteiger partial charge on any atom is -0.361 e. The summed E-state index contributed by atoms with van der Waals surface area (Å²) < 4.78 is 40.8. The lowest BCUT2D eigenvalue weighted by atomic mass is 10.2. The molecule has 3 aromatic rings. The third-order valence-corrected chi connectivity index (χ3v) is 7.56. The van der Waals surface area contributed by atoms with Crippen LogP contribution in [0.5, 0.6) is 0 Å². The van der Waals surface area contributed by atoms with Gasteiger partial charge in [0.2, 0.25) is 10.0 Å². The third kappa shape index (κ3) is 4.93. The Balaban J connectivity index is 1.48. The number of H-pyrrole nitrogens is 1. The Kier molecular flexibility index (Phi) is 6.75. The van der Waals surface area contributed by atoms with E-state index >= 15 is 0 Å². The Morgan fingerprint density at radius 3 is 2.72 bits per heavy atom. The molecule has 0 aliphatic carbocycles. The van der Waals surface area contributed by atoms with Crippen LogP contribution in [0.4, 0.5) is 10.1 Å². The topological polar surface area (TPSA) is 89.6 Å². The fourth-order valence-corrected chi connectivity index (χ4v) is 5.43. The lowest BCUT2D eigenvalue weighted by Crippen LogP contribution is -2.35. The second kappa shape index (κ2) is 9.53. The fourth-order valence-electron chi connectivity index (χ4n) is 3.54. The minimum atomic E-state index is -3.53. The number of hydrogen-bond acceptors (Lipinski definition) is 4. The molecule has 7 nitrogen and oxygen atoms in total. The SMILES string of the molecule is O=S(=O)(c1ccc2[nH]cc(C=NNC(=S)Nc3ccc(F)c(Cl)c3)c2c1)N1CCCCC1. The van der Waals surface area contributed by atoms with E-state index in [1.54, 1.807) is 34.9 Å². The number of piperidine rings is 1. The molecule has 1 aromatic heterocycles. The lowest BCUT2D eigenvalue weighted by molar-refractivity contribution is 0.346. The van der Waals surface area contributed by atoms with Crippen LogP contribution >= 0.6 is 23.8 Å². The molecule has 1 fully saturated rings. The minimum absolute atomic E-state index is 0.0181. The molecule has 0 radical (unpaired) electrons. The molecule has 0 unspecified atom stereocenters. The van der Waals surface area contributed by atoms with Crippen molar-refractivity contribution in [2.24, 2.45) is 5.10 Å². The van der Waals surface area contributed by atoms with Crippen LogP contribution in [0.1, 0.15) is 24.8 Å². The first kappa shape index (κ1) is 22.7. The molecule has 11 heteroatoms. The fraction of sp³-hybridized carbons (Fsp3) is 0.238. The van der Waals surface area contributed by atoms with E-state index in [1.807, 2.05) is 0 Å². The standard InChI is InChI=1S/C21H21ClFN5O2S2/c22-18-10-15(4-6-19(18)23)26-21(31)27-25-13-14-12-24-20-7-5-16(11-17(14)20)32(29,30)28-8-2-1-3-9-28/h4-7,10-13,24H,1-3,8-9H2,(H2,26,27,31). The van der Waals surface area contributed by atoms with Crippen LogP contribution in [0, 0.1) is 5.82 Å². The van der Waals surface area contributed by atoms with E-state index in [9.17, 15) is 12.8 Å². The van der Waals surface area contributed by atoms with Crippen LogP contribution in [0.2, 0.25) is 5.02 Å². The maximum atomic E-state index is 13.3. The first-order valence-corrected chi connectivity index (χ1v) is 12.2. The van der Waals surface area contributed by atoms with Crippen molar-refractivity contribution in [3.05, 3.63) is 59.0 Å². The highest BCUT2D eigenvalue weighted by Crippen LogP contribution is 2.25. The molecule has 0 bridgehead atoms. The second-order valence-electron chi connectivity index (χ2n) is 7.37. The van der Waals surface area contributed by atoms with Crippen molar-refractivity contribution >= 4 is 61.8 Å². The average molecular weight is 494 g/mol. The molecular weight excluding hydrogens is 473 g/mol. The molecule has 1 saturated heterocycles. The smallest absolute Gasteiger partial charge is 0.243 e. The summed E-state index contributed by atoms with van der Waals surface area (Å²) in [6.45, 7) is 1.10. The van der Waals surface area contributed by atoms with Gasteiger partial charge in [0, 0.05) is 41.4 Å². The number of halogens is 2. The maximum Gasteiger partial charge on any atom is 0.243 e. The normalized spacial score (nSPS) is 15.3. The Bertz CT molecular complexity index is 1290. The number of thiocarbonyl (C=S) groups is 1. The highest BCUT2D eigenvalue weighted by atomic mass is 35.5. The van der Waals surface area contributed by atoms with Gasteiger partial charge in [0.25, 0.3) is 0 Å². The number of nitrogens with one attached hydrogen (secondary N) is 3. The predicted molar refractivity (Wildman–Crippen MR) is 129 cm³/mol. The number of rotatable bonds is 5. The largest absolute Gasteiger partial charge is 0.361 e. The van der Waals surface area contributed by atoms with Crippen molar-refractivity contribution in [2.75, 3.05) is 18.4 Å². The first-order chi connectivity index (χ1) is 15.3. The number of hydrazone groups is 1. The molecule has 3 N–H and O–H groups in total. The van der Waals surface area contributed by atoms with Crippen LogP contribution in [0.25, 0.3) is 10.9 Å². The molecule has 0 atom stereocenters. The van der Waals surface area contributed by atoms with Crippen LogP contribution in [-0.2, 0) is 10.0 Å². The highest BCUT2D eigenvalue weighted by Gasteiger charge is 2.26. The van der Waals surface area contributed by atoms with E-state index in [0.717, 1.165) is 30.2 Å². The van der Waals surface area contributed by atoms with Crippen molar-refractivity contribution in [3.63, 3.8) is 0 Å². The van der Waals surface area contributed by atoms with Crippen LogP contribution < -0.4 is 10.7 Å². The highest BCUT2D eigenvalue weighted by molar-refractivity contribution is 7.89. The van der Waals surface area contributed by atoms with E-state index in [1.165, 1.54) is 18.2 Å². The van der Waals surface area contributed by atoms with Crippen molar-refractivity contribution in [1.29, 1.82) is 0 Å². The molecule has 0 amide bonds. The molecule has 1 aliphatic rings. The van der Waals surface area contributed by atoms with E-state index in [-0.39, 0.29) is 15.0 Å². The third-order valence-electron chi connectivity index (χ3n) is 5.19. The Morgan fingerprint density at radius 1 is 1.19 bits per heavy atom. The van der Waals surface area contributed by atoms with Gasteiger partial charge in [0.1, 0.15) is 5.82 Å². The molecule has 1 aliphatic heterocycles. The van der Waals surface area contributed by atoms with Gasteiger partial charge in [-0.3, -0.25) is 5.43 Å². The second-order valence-corrected chi connectivity index (χ2v) is 10.1. The van der Waals surface area contributed by atoms with Gasteiger partial charge in [-0.2, -0.15) is 9.41 Å². The molecule has 168 valence electrons. The van der Waals surface area contributed by atoms with Crippen LogP contribution in [0.3, 0.4) is 0 Å². The number of aromatic amines is 1. The summed E-state index contributed by atoms with van der Waals surface area (Å²) in [5.74, 6) is -0.518. The zero-order chi connectivity index (χ0) is 22.7. The number of fused-ring (bicyclic) bond motifs is 1. The molecule has 0 spiro atoms. The number of nitrogens with zero attached hydrogens (tertiary/aromatic N) is 2. The summed E-state index contributed by atoms with van der Waals surface area (Å²) in [4.78, 5) is 3.37. The molecule has 2 heterocycles. The summed E-state index contributed by atoms with van der Waals surface area (Å²) in [6.07, 6.45) is 6.10. The summed E-state index contributed by atoms with van der Waals surface area (Å²) in [6, 6.07) is 9.18. The predicted octanol–water partition coefficient (Wildman–Crippen LogP) is 4.46. The van der Waals surface area contributed by atoms with Gasteiger partial charge in [-0.05, 0) is 61.5 Å². The number of benzene rings is 2. The van der Waals surface area contributed by atoms with Crippen molar-refractivity contribution in [1.82, 2.24) is 14.7 Å². The number of aromatic nitrogens is 1. The average Bonchev–Trinajstić information content (AvgIpc) is 3.19. The number of hydrogen-bond donors (Lipinski definition) is 3. The summed E-state index contributed by atoms with van der Waals surface area (Å²) in [7, 11) is -3.53. The number of anilines is 1. The molecule has 0 saturated carbocycles. The van der Waals surface area contributed by atoms with Crippen molar-refractivity contribution in [3.8, 4) is 0 Å². The van der Waals surface area contributed by atoms with Gasteiger partial charge >= 0.3 is 0 Å². The molecule has 2 aromatic carbocycles. The van der Waals surface area contributed by atoms with Gasteiger partial charge in [-0.25, -0.2) is 12.8 Å². The zero-order valence-corrected chi connectivity index (χ0v) is 19.3. The Labute approximate surface area is 195 Å². The summed E-state index contributed by atoms with van der Waals surface area (Å²) in [5, 5.41) is 7.88. The van der Waals surface area contributed by atoms with E-state index in [4.69, 9.17) is 23.8 Å². The maximum absolute atomic E-state index is 13.3. The monoisotopic (exact) mass is 493 g/mol. The first-order valence-electron chi connectivity index (χ1n) is 10.0. The van der Waals surface area contributed by atoms with Crippen molar-refractivity contribution < 1.29 is 12.8 Å². The van der Waals surface area contributed by atoms with Crippen LogP contribution in [-0.4, -0.2) is 42.1 Å². The van der Waals surface area contributed by atoms with Crippen LogP contribution in [0.15, 0.2) is 52.6 Å². The number of sulfonamides is 1. The van der Waals surface area contributed by atoms with E-state index in [0.29, 0.717) is 24.3 Å². The zero-order valence-electron chi connectivity index (χ0n) is 16.9. The van der Waals surface area contributed by atoms with Gasteiger partial charge in [0.05, 0.1) is 16.1 Å². The van der Waals surface area contributed by atoms with Gasteiger partial charge < -0.3 is 10.3 Å². The van der Waals surface area contributed by atoms with Crippen molar-refractivity contribution in [2.45, 2.75) is 24.2 Å². The summed E-state index contributed by atoms with van der Waals surface area (Å²) >= 11 is 10.9.